The standard InChI is InChI=1S/C18H15N2.ClH/c1-2-15-3-5-18(6-4-15)20-13-9-17(10-14-20)16-7-11-19-12-8-16;/h2-14H,1H2;1H/q+1;/p-1. The van der Waals surface area contributed by atoms with Crippen LogP contribution in [0.2, 0.25) is 0 Å². The average Bonchev–Trinajstić information content (AvgIpc) is 2.56. The molecule has 3 aromatic rings. The SMILES string of the molecule is C=Cc1ccc(-[n+]2ccc(-c3ccncc3)cc2)cc1.[Cl-]. The quantitative estimate of drug-likeness (QED) is 0.649. The summed E-state index contributed by atoms with van der Waals surface area (Å²) in [6.45, 7) is 3.77. The Bertz CT molecular complexity index is 704. The fraction of sp³-hybridized carbons (Fsp3) is 0. The molecule has 3 heteroatoms. The van der Waals surface area contributed by atoms with Crippen LogP contribution in [0.4, 0.5) is 0 Å². The van der Waals surface area contributed by atoms with Gasteiger partial charge < -0.3 is 12.4 Å². The fourth-order valence-electron chi connectivity index (χ4n) is 2.12. The van der Waals surface area contributed by atoms with Gasteiger partial charge in [0, 0.05) is 36.7 Å². The first-order valence-corrected chi connectivity index (χ1v) is 6.51. The summed E-state index contributed by atoms with van der Waals surface area (Å²) >= 11 is 0. The molecule has 0 fully saturated rings. The van der Waals surface area contributed by atoms with Gasteiger partial charge in [0.2, 0.25) is 5.69 Å². The Labute approximate surface area is 130 Å². The molecule has 0 radical (unpaired) electrons. The Balaban J connectivity index is 0.00000161. The number of halogens is 1. The topological polar surface area (TPSA) is 16.8 Å². The zero-order valence-electron chi connectivity index (χ0n) is 11.5. The minimum Gasteiger partial charge on any atom is -1.00 e. The molecule has 0 aliphatic carbocycles. The lowest BCUT2D eigenvalue weighted by Crippen LogP contribution is -3.00. The van der Waals surface area contributed by atoms with Gasteiger partial charge in [-0.1, -0.05) is 12.7 Å². The third kappa shape index (κ3) is 3.36. The minimum absolute atomic E-state index is 0. The Hall–Kier alpha value is -2.45. The third-order valence-electron chi connectivity index (χ3n) is 3.27. The van der Waals surface area contributed by atoms with Crippen molar-refractivity contribution in [2.75, 3.05) is 0 Å². The van der Waals surface area contributed by atoms with E-state index < -0.39 is 0 Å². The highest BCUT2D eigenvalue weighted by atomic mass is 35.5. The van der Waals surface area contributed by atoms with E-state index in [9.17, 15) is 0 Å². The fourth-order valence-corrected chi connectivity index (χ4v) is 2.12. The maximum atomic E-state index is 4.04. The van der Waals surface area contributed by atoms with Gasteiger partial charge in [-0.25, -0.2) is 0 Å². The third-order valence-corrected chi connectivity index (χ3v) is 3.27. The number of hydrogen-bond acceptors (Lipinski definition) is 1. The van der Waals surface area contributed by atoms with Crippen LogP contribution < -0.4 is 17.0 Å². The molecule has 2 heterocycles. The van der Waals surface area contributed by atoms with Crippen LogP contribution in [-0.4, -0.2) is 4.98 Å². The lowest BCUT2D eigenvalue weighted by molar-refractivity contribution is -0.595. The zero-order chi connectivity index (χ0) is 13.8. The van der Waals surface area contributed by atoms with Crippen molar-refractivity contribution in [1.82, 2.24) is 4.98 Å². The van der Waals surface area contributed by atoms with E-state index in [1.54, 1.807) is 0 Å². The molecule has 0 N–H and O–H groups in total. The number of pyridine rings is 2. The molecule has 0 atom stereocenters. The van der Waals surface area contributed by atoms with Gasteiger partial charge >= 0.3 is 0 Å². The van der Waals surface area contributed by atoms with Gasteiger partial charge in [-0.05, 0) is 41.0 Å². The van der Waals surface area contributed by atoms with Gasteiger partial charge in [0.15, 0.2) is 12.4 Å². The highest BCUT2D eigenvalue weighted by Gasteiger charge is 2.05. The molecule has 104 valence electrons. The van der Waals surface area contributed by atoms with Crippen molar-refractivity contribution >= 4 is 6.08 Å². The number of nitrogens with zero attached hydrogens (tertiary/aromatic N) is 2. The van der Waals surface area contributed by atoms with Crippen LogP contribution >= 0.6 is 0 Å². The summed E-state index contributed by atoms with van der Waals surface area (Å²) in [6, 6.07) is 16.5. The van der Waals surface area contributed by atoms with Crippen LogP contribution in [0.15, 0.2) is 79.9 Å². The summed E-state index contributed by atoms with van der Waals surface area (Å²) in [5, 5.41) is 0. The Morgan fingerprint density at radius 2 is 1.38 bits per heavy atom. The van der Waals surface area contributed by atoms with Gasteiger partial charge in [-0.2, -0.15) is 4.57 Å². The van der Waals surface area contributed by atoms with Gasteiger partial charge in [0.05, 0.1) is 0 Å². The largest absolute Gasteiger partial charge is 1.00 e. The maximum absolute atomic E-state index is 4.04. The maximum Gasteiger partial charge on any atom is 0.210 e. The van der Waals surface area contributed by atoms with Crippen LogP contribution in [0.3, 0.4) is 0 Å². The van der Waals surface area contributed by atoms with Crippen molar-refractivity contribution in [2.45, 2.75) is 0 Å². The predicted octanol–water partition coefficient (Wildman–Crippen LogP) is 0.672. The monoisotopic (exact) mass is 294 g/mol. The average molecular weight is 295 g/mol. The second kappa shape index (κ2) is 6.82. The summed E-state index contributed by atoms with van der Waals surface area (Å²) in [7, 11) is 0. The van der Waals surface area contributed by atoms with Crippen LogP contribution in [0.25, 0.3) is 22.9 Å². The van der Waals surface area contributed by atoms with Crippen molar-refractivity contribution in [3.63, 3.8) is 0 Å². The molecule has 0 saturated heterocycles. The van der Waals surface area contributed by atoms with Crippen molar-refractivity contribution in [1.29, 1.82) is 0 Å². The highest BCUT2D eigenvalue weighted by molar-refractivity contribution is 5.61. The van der Waals surface area contributed by atoms with Crippen LogP contribution in [0.5, 0.6) is 0 Å². The Morgan fingerprint density at radius 1 is 0.810 bits per heavy atom. The second-order valence-electron chi connectivity index (χ2n) is 4.53. The van der Waals surface area contributed by atoms with E-state index in [4.69, 9.17) is 0 Å². The van der Waals surface area contributed by atoms with Crippen LogP contribution in [0.1, 0.15) is 5.56 Å². The normalized spacial score (nSPS) is 9.71. The van der Waals surface area contributed by atoms with E-state index in [0.29, 0.717) is 0 Å². The molecule has 3 rings (SSSR count). The van der Waals surface area contributed by atoms with Gasteiger partial charge in [0.1, 0.15) is 0 Å². The van der Waals surface area contributed by atoms with Crippen molar-refractivity contribution in [3.05, 3.63) is 85.5 Å². The first kappa shape index (κ1) is 14.9. The Kier molecular flexibility index (Phi) is 4.85. The molecule has 21 heavy (non-hydrogen) atoms. The summed E-state index contributed by atoms with van der Waals surface area (Å²) in [4.78, 5) is 4.04. The van der Waals surface area contributed by atoms with E-state index in [1.165, 1.54) is 11.1 Å². The molecule has 0 amide bonds. The van der Waals surface area contributed by atoms with Crippen molar-refractivity contribution in [3.8, 4) is 16.8 Å². The molecular weight excluding hydrogens is 280 g/mol. The van der Waals surface area contributed by atoms with Crippen LogP contribution in [0, 0.1) is 0 Å². The van der Waals surface area contributed by atoms with E-state index in [1.807, 2.05) is 30.6 Å². The lowest BCUT2D eigenvalue weighted by atomic mass is 10.1. The summed E-state index contributed by atoms with van der Waals surface area (Å²) in [5.41, 5.74) is 4.63. The van der Waals surface area contributed by atoms with Crippen molar-refractivity contribution in [2.24, 2.45) is 0 Å². The molecule has 0 bridgehead atoms. The van der Waals surface area contributed by atoms with E-state index >= 15 is 0 Å². The van der Waals surface area contributed by atoms with Gasteiger partial charge in [0.25, 0.3) is 0 Å². The first-order chi connectivity index (χ1) is 9.86. The van der Waals surface area contributed by atoms with E-state index in [-0.39, 0.29) is 12.4 Å². The Morgan fingerprint density at radius 3 is 1.95 bits per heavy atom. The molecule has 0 spiro atoms. The minimum atomic E-state index is 0. The molecule has 2 nitrogen and oxygen atoms in total. The van der Waals surface area contributed by atoms with Crippen molar-refractivity contribution < 1.29 is 17.0 Å². The lowest BCUT2D eigenvalue weighted by Gasteiger charge is -2.00. The van der Waals surface area contributed by atoms with Crippen LogP contribution in [-0.2, 0) is 0 Å². The van der Waals surface area contributed by atoms with Gasteiger partial charge in [-0.3, -0.25) is 4.98 Å². The molecule has 0 aliphatic heterocycles. The first-order valence-electron chi connectivity index (χ1n) is 6.51. The smallest absolute Gasteiger partial charge is 0.210 e. The molecule has 0 unspecified atom stereocenters. The molecular formula is C18H15ClN2. The summed E-state index contributed by atoms with van der Waals surface area (Å²) in [5.74, 6) is 0. The van der Waals surface area contributed by atoms with Gasteiger partial charge in [-0.15, -0.1) is 0 Å². The highest BCUT2D eigenvalue weighted by Crippen LogP contribution is 2.16. The predicted molar refractivity (Wildman–Crippen MR) is 81.3 cm³/mol. The zero-order valence-corrected chi connectivity index (χ0v) is 12.2. The second-order valence-corrected chi connectivity index (χ2v) is 4.53. The molecule has 0 saturated carbocycles. The number of hydrogen-bond donors (Lipinski definition) is 0. The van der Waals surface area contributed by atoms with E-state index in [0.717, 1.165) is 11.3 Å². The van der Waals surface area contributed by atoms with E-state index in [2.05, 4.69) is 64.9 Å². The number of benzene rings is 1. The summed E-state index contributed by atoms with van der Waals surface area (Å²) in [6.07, 6.45) is 9.60. The molecule has 0 aliphatic rings. The number of aromatic nitrogens is 2. The summed E-state index contributed by atoms with van der Waals surface area (Å²) < 4.78 is 2.09. The molecule has 2 aromatic heterocycles. The molecule has 1 aromatic carbocycles. The number of rotatable bonds is 3.